The second kappa shape index (κ2) is 6.74. The van der Waals surface area contributed by atoms with Gasteiger partial charge in [-0.3, -0.25) is 4.72 Å². The van der Waals surface area contributed by atoms with Gasteiger partial charge < -0.3 is 4.74 Å². The molecule has 0 atom stereocenters. The SMILES string of the molecule is COCCc1ccccc1NS(=O)(=O)c1ccccc1C. The van der Waals surface area contributed by atoms with Crippen molar-refractivity contribution in [2.75, 3.05) is 18.4 Å². The van der Waals surface area contributed by atoms with E-state index in [0.717, 1.165) is 11.1 Å². The third-order valence-corrected chi connectivity index (χ3v) is 4.75. The fourth-order valence-corrected chi connectivity index (χ4v) is 3.46. The van der Waals surface area contributed by atoms with Crippen LogP contribution < -0.4 is 4.72 Å². The molecule has 2 aromatic rings. The van der Waals surface area contributed by atoms with Crippen LogP contribution in [0.25, 0.3) is 0 Å². The highest BCUT2D eigenvalue weighted by atomic mass is 32.2. The molecule has 0 aliphatic heterocycles. The van der Waals surface area contributed by atoms with Crippen molar-refractivity contribution in [3.05, 3.63) is 59.7 Å². The monoisotopic (exact) mass is 305 g/mol. The molecule has 0 heterocycles. The van der Waals surface area contributed by atoms with E-state index in [-0.39, 0.29) is 0 Å². The number of sulfonamides is 1. The second-order valence-corrected chi connectivity index (χ2v) is 6.42. The topological polar surface area (TPSA) is 55.4 Å². The molecule has 112 valence electrons. The van der Waals surface area contributed by atoms with Crippen molar-refractivity contribution in [3.8, 4) is 0 Å². The Kier molecular flexibility index (Phi) is 4.98. The molecule has 2 rings (SSSR count). The standard InChI is InChI=1S/C16H19NO3S/c1-13-7-3-6-10-16(13)21(18,19)17-15-9-5-4-8-14(15)11-12-20-2/h3-10,17H,11-12H2,1-2H3. The van der Waals surface area contributed by atoms with E-state index in [1.807, 2.05) is 24.3 Å². The molecule has 0 aliphatic rings. The lowest BCUT2D eigenvalue weighted by Gasteiger charge is -2.13. The molecule has 0 aliphatic carbocycles. The Morgan fingerprint density at radius 2 is 1.71 bits per heavy atom. The number of hydrogen-bond acceptors (Lipinski definition) is 3. The first-order valence-electron chi connectivity index (χ1n) is 6.70. The number of hydrogen-bond donors (Lipinski definition) is 1. The zero-order valence-electron chi connectivity index (χ0n) is 12.2. The van der Waals surface area contributed by atoms with Crippen molar-refractivity contribution in [3.63, 3.8) is 0 Å². The Morgan fingerprint density at radius 1 is 1.05 bits per heavy atom. The first-order valence-corrected chi connectivity index (χ1v) is 8.18. The molecule has 0 radical (unpaired) electrons. The van der Waals surface area contributed by atoms with Crippen LogP contribution in [0.5, 0.6) is 0 Å². The molecule has 4 nitrogen and oxygen atoms in total. The lowest BCUT2D eigenvalue weighted by Crippen LogP contribution is -2.15. The molecule has 21 heavy (non-hydrogen) atoms. The maximum Gasteiger partial charge on any atom is 0.262 e. The Bertz CT molecular complexity index is 711. The summed E-state index contributed by atoms with van der Waals surface area (Å²) in [6.07, 6.45) is 0.656. The highest BCUT2D eigenvalue weighted by Crippen LogP contribution is 2.22. The van der Waals surface area contributed by atoms with E-state index >= 15 is 0 Å². The van der Waals surface area contributed by atoms with Gasteiger partial charge in [0.05, 0.1) is 17.2 Å². The molecule has 2 aromatic carbocycles. The Balaban J connectivity index is 2.31. The lowest BCUT2D eigenvalue weighted by molar-refractivity contribution is 0.202. The summed E-state index contributed by atoms with van der Waals surface area (Å²) in [4.78, 5) is 0.298. The fraction of sp³-hybridized carbons (Fsp3) is 0.250. The number of rotatable bonds is 6. The summed E-state index contributed by atoms with van der Waals surface area (Å²) in [6, 6.07) is 14.3. The van der Waals surface area contributed by atoms with Gasteiger partial charge in [0.15, 0.2) is 0 Å². The number of para-hydroxylation sites is 1. The van der Waals surface area contributed by atoms with Crippen LogP contribution >= 0.6 is 0 Å². The van der Waals surface area contributed by atoms with Gasteiger partial charge in [0.2, 0.25) is 0 Å². The molecule has 0 amide bonds. The minimum absolute atomic E-state index is 0.298. The van der Waals surface area contributed by atoms with Crippen LogP contribution in [0.4, 0.5) is 5.69 Å². The number of nitrogens with one attached hydrogen (secondary N) is 1. The predicted molar refractivity (Wildman–Crippen MR) is 84.0 cm³/mol. The maximum atomic E-state index is 12.5. The minimum atomic E-state index is -3.58. The quantitative estimate of drug-likeness (QED) is 0.892. The van der Waals surface area contributed by atoms with E-state index < -0.39 is 10.0 Å². The summed E-state index contributed by atoms with van der Waals surface area (Å²) in [5.74, 6) is 0. The number of aryl methyl sites for hydroxylation is 1. The smallest absolute Gasteiger partial charge is 0.262 e. The highest BCUT2D eigenvalue weighted by Gasteiger charge is 2.17. The van der Waals surface area contributed by atoms with Crippen LogP contribution in [-0.4, -0.2) is 22.1 Å². The summed E-state index contributed by atoms with van der Waals surface area (Å²) in [5.41, 5.74) is 2.23. The van der Waals surface area contributed by atoms with E-state index in [1.165, 1.54) is 0 Å². The zero-order valence-corrected chi connectivity index (χ0v) is 13.0. The number of ether oxygens (including phenoxy) is 1. The molecule has 0 aromatic heterocycles. The van der Waals surface area contributed by atoms with E-state index in [4.69, 9.17) is 4.74 Å². The van der Waals surface area contributed by atoms with Crippen LogP contribution in [0, 0.1) is 6.92 Å². The molecule has 0 spiro atoms. The van der Waals surface area contributed by atoms with Crippen molar-refractivity contribution in [1.29, 1.82) is 0 Å². The normalized spacial score (nSPS) is 11.3. The molecule has 0 fully saturated rings. The third kappa shape index (κ3) is 3.83. The first kappa shape index (κ1) is 15.5. The number of benzene rings is 2. The number of methoxy groups -OCH3 is 1. The average Bonchev–Trinajstić information content (AvgIpc) is 2.46. The van der Waals surface area contributed by atoms with Crippen LogP contribution in [0.2, 0.25) is 0 Å². The second-order valence-electron chi connectivity index (χ2n) is 4.77. The highest BCUT2D eigenvalue weighted by molar-refractivity contribution is 7.92. The summed E-state index contributed by atoms with van der Waals surface area (Å²) >= 11 is 0. The minimum Gasteiger partial charge on any atom is -0.384 e. The van der Waals surface area contributed by atoms with Crippen LogP contribution in [-0.2, 0) is 21.2 Å². The van der Waals surface area contributed by atoms with E-state index in [9.17, 15) is 8.42 Å². The molecule has 5 heteroatoms. The third-order valence-electron chi connectivity index (χ3n) is 3.22. The summed E-state index contributed by atoms with van der Waals surface area (Å²) in [6.45, 7) is 2.33. The van der Waals surface area contributed by atoms with Crippen molar-refractivity contribution in [2.45, 2.75) is 18.2 Å². The molecular weight excluding hydrogens is 286 g/mol. The Labute approximate surface area is 125 Å². The predicted octanol–water partition coefficient (Wildman–Crippen LogP) is 2.98. The van der Waals surface area contributed by atoms with Gasteiger partial charge in [0.1, 0.15) is 0 Å². The van der Waals surface area contributed by atoms with Crippen LogP contribution in [0.15, 0.2) is 53.4 Å². The number of anilines is 1. The average molecular weight is 305 g/mol. The molecule has 0 unspecified atom stereocenters. The fourth-order valence-electron chi connectivity index (χ4n) is 2.11. The van der Waals surface area contributed by atoms with Crippen LogP contribution in [0.3, 0.4) is 0 Å². The maximum absolute atomic E-state index is 12.5. The van der Waals surface area contributed by atoms with Crippen molar-refractivity contribution in [1.82, 2.24) is 0 Å². The summed E-state index contributed by atoms with van der Waals surface area (Å²) in [7, 11) is -1.96. The lowest BCUT2D eigenvalue weighted by atomic mass is 10.1. The molecular formula is C16H19NO3S. The molecule has 1 N–H and O–H groups in total. The van der Waals surface area contributed by atoms with Gasteiger partial charge in [-0.15, -0.1) is 0 Å². The Hall–Kier alpha value is -1.85. The summed E-state index contributed by atoms with van der Waals surface area (Å²) < 4.78 is 32.7. The van der Waals surface area contributed by atoms with E-state index in [0.29, 0.717) is 23.6 Å². The van der Waals surface area contributed by atoms with Crippen molar-refractivity contribution < 1.29 is 13.2 Å². The Morgan fingerprint density at radius 3 is 2.43 bits per heavy atom. The first-order chi connectivity index (χ1) is 10.0. The largest absolute Gasteiger partial charge is 0.384 e. The van der Waals surface area contributed by atoms with E-state index in [1.54, 1.807) is 38.3 Å². The van der Waals surface area contributed by atoms with Gasteiger partial charge in [-0.05, 0) is 36.6 Å². The molecule has 0 saturated carbocycles. The zero-order chi connectivity index (χ0) is 15.3. The van der Waals surface area contributed by atoms with Gasteiger partial charge in [-0.25, -0.2) is 8.42 Å². The van der Waals surface area contributed by atoms with Crippen LogP contribution in [0.1, 0.15) is 11.1 Å². The molecule has 0 saturated heterocycles. The van der Waals surface area contributed by atoms with Gasteiger partial charge in [-0.2, -0.15) is 0 Å². The molecule has 0 bridgehead atoms. The van der Waals surface area contributed by atoms with E-state index in [2.05, 4.69) is 4.72 Å². The van der Waals surface area contributed by atoms with Gasteiger partial charge in [0, 0.05) is 7.11 Å². The van der Waals surface area contributed by atoms with Gasteiger partial charge in [0.25, 0.3) is 10.0 Å². The summed E-state index contributed by atoms with van der Waals surface area (Å²) in [5, 5.41) is 0. The van der Waals surface area contributed by atoms with Crippen molar-refractivity contribution >= 4 is 15.7 Å². The van der Waals surface area contributed by atoms with Gasteiger partial charge >= 0.3 is 0 Å². The van der Waals surface area contributed by atoms with Gasteiger partial charge in [-0.1, -0.05) is 36.4 Å². The van der Waals surface area contributed by atoms with Crippen molar-refractivity contribution in [2.24, 2.45) is 0 Å².